The Bertz CT molecular complexity index is 625. The van der Waals surface area contributed by atoms with Crippen LogP contribution in [0.3, 0.4) is 0 Å². The quantitative estimate of drug-likeness (QED) is 0.713. The van der Waals surface area contributed by atoms with Gasteiger partial charge in [0, 0.05) is 11.4 Å². The lowest BCUT2D eigenvalue weighted by Crippen LogP contribution is -2.17. The van der Waals surface area contributed by atoms with Gasteiger partial charge in [-0.05, 0) is 34.1 Å². The van der Waals surface area contributed by atoms with Crippen LogP contribution in [0.15, 0.2) is 34.1 Å². The highest BCUT2D eigenvalue weighted by Gasteiger charge is 2.32. The average molecular weight is 367 g/mol. The van der Waals surface area contributed by atoms with E-state index in [0.717, 1.165) is 6.07 Å². The van der Waals surface area contributed by atoms with E-state index in [-0.39, 0.29) is 10.2 Å². The molecule has 1 aromatic carbocycles. The summed E-state index contributed by atoms with van der Waals surface area (Å²) in [6.45, 7) is 0. The number of halogens is 4. The normalized spacial score (nSPS) is 11.2. The van der Waals surface area contributed by atoms with Crippen LogP contribution in [0.5, 0.6) is 17.2 Å². The summed E-state index contributed by atoms with van der Waals surface area (Å²) in [6, 6.07) is 5.36. The number of carbonyl (C=O) groups is 1. The lowest BCUT2D eigenvalue weighted by molar-refractivity contribution is -0.274. The molecule has 2 aromatic rings. The monoisotopic (exact) mass is 366 g/mol. The van der Waals surface area contributed by atoms with Gasteiger partial charge in [0.25, 0.3) is 0 Å². The van der Waals surface area contributed by atoms with E-state index in [0.29, 0.717) is 22.7 Å². The van der Waals surface area contributed by atoms with Crippen molar-refractivity contribution < 1.29 is 27.4 Å². The van der Waals surface area contributed by atoms with Crippen LogP contribution in [0, 0.1) is 0 Å². The Labute approximate surface area is 124 Å². The molecule has 0 saturated heterocycles. The van der Waals surface area contributed by atoms with Crippen LogP contribution in [-0.2, 0) is 0 Å². The van der Waals surface area contributed by atoms with Crippen molar-refractivity contribution in [2.75, 3.05) is 0 Å². The van der Waals surface area contributed by atoms with Gasteiger partial charge in [-0.3, -0.25) is 4.79 Å². The molecular formula is C12H6BrF3O3S. The van der Waals surface area contributed by atoms with Crippen LogP contribution in [0.4, 0.5) is 13.2 Å². The van der Waals surface area contributed by atoms with Crippen LogP contribution in [0.25, 0.3) is 0 Å². The molecule has 0 fully saturated rings. The first-order chi connectivity index (χ1) is 9.37. The van der Waals surface area contributed by atoms with Gasteiger partial charge in [-0.15, -0.1) is 24.5 Å². The number of rotatable bonds is 4. The Kier molecular flexibility index (Phi) is 4.34. The first-order valence-electron chi connectivity index (χ1n) is 5.14. The zero-order valence-corrected chi connectivity index (χ0v) is 12.0. The molecule has 106 valence electrons. The summed E-state index contributed by atoms with van der Waals surface area (Å²) in [5.74, 6) is 0.402. The lowest BCUT2D eigenvalue weighted by atomic mass is 10.3. The zero-order chi connectivity index (χ0) is 14.8. The van der Waals surface area contributed by atoms with Gasteiger partial charge in [0.1, 0.15) is 17.2 Å². The first-order valence-corrected chi connectivity index (χ1v) is 6.81. The van der Waals surface area contributed by atoms with Crippen molar-refractivity contribution in [2.24, 2.45) is 0 Å². The molecule has 1 heterocycles. The summed E-state index contributed by atoms with van der Waals surface area (Å²) in [6.07, 6.45) is -4.06. The summed E-state index contributed by atoms with van der Waals surface area (Å²) < 4.78 is 45.6. The predicted octanol–water partition coefficient (Wildman–Crippen LogP) is 5.01. The van der Waals surface area contributed by atoms with Crippen LogP contribution in [-0.4, -0.2) is 12.6 Å². The molecule has 0 N–H and O–H groups in total. The average Bonchev–Trinajstić information content (AvgIpc) is 2.79. The van der Waals surface area contributed by atoms with Gasteiger partial charge >= 0.3 is 6.36 Å². The van der Waals surface area contributed by atoms with Crippen LogP contribution < -0.4 is 9.47 Å². The van der Waals surface area contributed by atoms with Gasteiger partial charge in [-0.1, -0.05) is 0 Å². The van der Waals surface area contributed by atoms with Crippen molar-refractivity contribution in [1.29, 1.82) is 0 Å². The number of hydrogen-bond donors (Lipinski definition) is 0. The van der Waals surface area contributed by atoms with Crippen molar-refractivity contribution in [3.8, 4) is 17.2 Å². The second-order valence-corrected chi connectivity index (χ2v) is 5.34. The van der Waals surface area contributed by atoms with Crippen LogP contribution in [0.1, 0.15) is 9.67 Å². The number of aldehydes is 1. The molecule has 0 spiro atoms. The lowest BCUT2D eigenvalue weighted by Gasteiger charge is -2.11. The fraction of sp³-hybridized carbons (Fsp3) is 0.0833. The minimum atomic E-state index is -4.75. The van der Waals surface area contributed by atoms with Crippen molar-refractivity contribution in [1.82, 2.24) is 0 Å². The van der Waals surface area contributed by atoms with E-state index in [1.54, 1.807) is 5.38 Å². The van der Waals surface area contributed by atoms with Gasteiger partial charge in [0.15, 0.2) is 6.29 Å². The molecule has 1 aromatic heterocycles. The highest BCUT2D eigenvalue weighted by atomic mass is 79.9. The summed E-state index contributed by atoms with van der Waals surface area (Å²) in [5, 5.41) is 1.62. The smallest absolute Gasteiger partial charge is 0.456 e. The van der Waals surface area contributed by atoms with Crippen molar-refractivity contribution in [3.63, 3.8) is 0 Å². The van der Waals surface area contributed by atoms with E-state index in [1.165, 1.54) is 29.5 Å². The van der Waals surface area contributed by atoms with Gasteiger partial charge in [-0.25, -0.2) is 0 Å². The summed E-state index contributed by atoms with van der Waals surface area (Å²) in [4.78, 5) is 11.0. The third-order valence-electron chi connectivity index (χ3n) is 2.08. The Morgan fingerprint density at radius 2 is 1.95 bits per heavy atom. The molecule has 2 rings (SSSR count). The predicted molar refractivity (Wildman–Crippen MR) is 70.6 cm³/mol. The molecule has 3 nitrogen and oxygen atoms in total. The fourth-order valence-electron chi connectivity index (χ4n) is 1.34. The Balaban J connectivity index is 2.14. The third kappa shape index (κ3) is 3.97. The SMILES string of the molecule is O=Cc1cc(Oc2ccc(OC(F)(F)F)c(Br)c2)cs1. The molecule has 0 atom stereocenters. The number of ether oxygens (including phenoxy) is 2. The number of benzene rings is 1. The number of hydrogen-bond acceptors (Lipinski definition) is 4. The van der Waals surface area contributed by atoms with E-state index >= 15 is 0 Å². The second kappa shape index (κ2) is 5.84. The van der Waals surface area contributed by atoms with Gasteiger partial charge in [-0.2, -0.15) is 0 Å². The fourth-order valence-corrected chi connectivity index (χ4v) is 2.39. The molecule has 20 heavy (non-hydrogen) atoms. The largest absolute Gasteiger partial charge is 0.573 e. The molecule has 0 radical (unpaired) electrons. The molecule has 0 aliphatic heterocycles. The third-order valence-corrected chi connectivity index (χ3v) is 3.53. The summed E-state index contributed by atoms with van der Waals surface area (Å²) in [5.41, 5.74) is 0. The maximum atomic E-state index is 12.1. The highest BCUT2D eigenvalue weighted by Crippen LogP contribution is 2.35. The van der Waals surface area contributed by atoms with E-state index in [2.05, 4.69) is 20.7 Å². The molecule has 0 amide bonds. The summed E-state index contributed by atoms with van der Waals surface area (Å²) in [7, 11) is 0. The summed E-state index contributed by atoms with van der Waals surface area (Å²) >= 11 is 4.18. The molecule has 0 unspecified atom stereocenters. The van der Waals surface area contributed by atoms with Gasteiger partial charge in [0.2, 0.25) is 0 Å². The van der Waals surface area contributed by atoms with Gasteiger partial charge < -0.3 is 9.47 Å². The molecule has 0 bridgehead atoms. The molecule has 8 heteroatoms. The Morgan fingerprint density at radius 3 is 2.50 bits per heavy atom. The van der Waals surface area contributed by atoms with E-state index < -0.39 is 6.36 Å². The number of carbonyl (C=O) groups excluding carboxylic acids is 1. The van der Waals surface area contributed by atoms with E-state index in [9.17, 15) is 18.0 Å². The van der Waals surface area contributed by atoms with E-state index in [1.807, 2.05) is 0 Å². The molecule has 0 aliphatic carbocycles. The van der Waals surface area contributed by atoms with Crippen molar-refractivity contribution in [3.05, 3.63) is 39.0 Å². The first kappa shape index (κ1) is 14.9. The van der Waals surface area contributed by atoms with Crippen molar-refractivity contribution in [2.45, 2.75) is 6.36 Å². The minimum Gasteiger partial charge on any atom is -0.456 e. The molecule has 0 saturated carbocycles. The molecular weight excluding hydrogens is 361 g/mol. The standard InChI is InChI=1S/C12H6BrF3O3S/c13-10-4-7(1-2-11(10)19-12(14,15)16)18-8-3-9(5-17)20-6-8/h1-6H. The van der Waals surface area contributed by atoms with Crippen LogP contribution in [0.2, 0.25) is 0 Å². The Morgan fingerprint density at radius 1 is 1.20 bits per heavy atom. The zero-order valence-electron chi connectivity index (χ0n) is 9.61. The van der Waals surface area contributed by atoms with E-state index in [4.69, 9.17) is 4.74 Å². The van der Waals surface area contributed by atoms with Crippen molar-refractivity contribution >= 4 is 33.6 Å². The minimum absolute atomic E-state index is 0.109. The molecule has 0 aliphatic rings. The highest BCUT2D eigenvalue weighted by molar-refractivity contribution is 9.10. The van der Waals surface area contributed by atoms with Crippen LogP contribution >= 0.6 is 27.3 Å². The Hall–Kier alpha value is -1.54. The topological polar surface area (TPSA) is 35.5 Å². The maximum absolute atomic E-state index is 12.1. The number of alkyl halides is 3. The van der Waals surface area contributed by atoms with Gasteiger partial charge in [0.05, 0.1) is 9.35 Å². The second-order valence-electron chi connectivity index (χ2n) is 3.54. The maximum Gasteiger partial charge on any atom is 0.573 e. The number of thiophene rings is 1.